The highest BCUT2D eigenvalue weighted by Gasteiger charge is 2.46. The zero-order valence-corrected chi connectivity index (χ0v) is 16.5. The number of piperidine rings is 1. The second-order valence-corrected chi connectivity index (χ2v) is 8.66. The Labute approximate surface area is 165 Å². The van der Waals surface area contributed by atoms with Crippen molar-refractivity contribution in [3.8, 4) is 5.75 Å². The number of rotatable bonds is 2. The van der Waals surface area contributed by atoms with Crippen molar-refractivity contribution in [2.24, 2.45) is 0 Å². The third kappa shape index (κ3) is 4.47. The number of ether oxygens (including phenoxy) is 2. The van der Waals surface area contributed by atoms with Gasteiger partial charge in [0.05, 0.1) is 10.6 Å². The molecule has 4 nitrogen and oxygen atoms in total. The molecule has 2 aliphatic rings. The van der Waals surface area contributed by atoms with Crippen LogP contribution in [0, 0.1) is 5.82 Å². The lowest BCUT2D eigenvalue weighted by atomic mass is 10.00. The number of hydrogen-bond donors (Lipinski definition) is 0. The molecular weight excluding hydrogens is 402 g/mol. The lowest BCUT2D eigenvalue weighted by molar-refractivity contribution is -0.137. The normalized spacial score (nSPS) is 25.0. The van der Waals surface area contributed by atoms with Gasteiger partial charge in [-0.15, -0.1) is 0 Å². The van der Waals surface area contributed by atoms with Gasteiger partial charge < -0.3 is 14.4 Å². The second-order valence-electron chi connectivity index (χ2n) is 8.25. The molecule has 0 aromatic heterocycles. The van der Waals surface area contributed by atoms with Gasteiger partial charge in [0, 0.05) is 24.9 Å². The van der Waals surface area contributed by atoms with Crippen molar-refractivity contribution < 1.29 is 31.8 Å². The van der Waals surface area contributed by atoms with Gasteiger partial charge in [0.1, 0.15) is 11.7 Å². The van der Waals surface area contributed by atoms with Crippen LogP contribution in [0.15, 0.2) is 12.1 Å². The fourth-order valence-corrected chi connectivity index (χ4v) is 4.04. The van der Waals surface area contributed by atoms with E-state index < -0.39 is 46.1 Å². The Bertz CT molecular complexity index is 749. The van der Waals surface area contributed by atoms with E-state index in [-0.39, 0.29) is 12.1 Å². The molecule has 2 saturated heterocycles. The number of hydrogen-bond acceptors (Lipinski definition) is 3. The van der Waals surface area contributed by atoms with Gasteiger partial charge in [0.25, 0.3) is 0 Å². The Morgan fingerprint density at radius 1 is 1.14 bits per heavy atom. The van der Waals surface area contributed by atoms with Crippen molar-refractivity contribution in [2.45, 2.75) is 76.4 Å². The summed E-state index contributed by atoms with van der Waals surface area (Å²) in [4.78, 5) is 14.1. The summed E-state index contributed by atoms with van der Waals surface area (Å²) >= 11 is 5.61. The highest BCUT2D eigenvalue weighted by atomic mass is 35.5. The van der Waals surface area contributed by atoms with E-state index in [1.54, 1.807) is 25.7 Å². The fraction of sp³-hybridized carbons (Fsp3) is 0.632. The van der Waals surface area contributed by atoms with Crippen LogP contribution >= 0.6 is 11.6 Å². The highest BCUT2D eigenvalue weighted by molar-refractivity contribution is 6.31. The molecule has 2 unspecified atom stereocenters. The number of carbonyl (C=O) groups is 1. The molecule has 2 aliphatic heterocycles. The maximum Gasteiger partial charge on any atom is 0.416 e. The predicted octanol–water partition coefficient (Wildman–Crippen LogP) is 5.81. The molecule has 0 spiro atoms. The highest BCUT2D eigenvalue weighted by Crippen LogP contribution is 2.41. The fourth-order valence-electron chi connectivity index (χ4n) is 3.83. The third-order valence-electron chi connectivity index (χ3n) is 4.91. The van der Waals surface area contributed by atoms with E-state index in [4.69, 9.17) is 21.1 Å². The summed E-state index contributed by atoms with van der Waals surface area (Å²) < 4.78 is 64.2. The van der Waals surface area contributed by atoms with Crippen molar-refractivity contribution in [3.05, 3.63) is 28.5 Å². The van der Waals surface area contributed by atoms with Crippen LogP contribution < -0.4 is 4.74 Å². The Kier molecular flexibility index (Phi) is 5.47. The van der Waals surface area contributed by atoms with Gasteiger partial charge in [-0.3, -0.25) is 0 Å². The van der Waals surface area contributed by atoms with Crippen molar-refractivity contribution in [2.75, 3.05) is 0 Å². The monoisotopic (exact) mass is 423 g/mol. The van der Waals surface area contributed by atoms with E-state index in [1.165, 1.54) is 0 Å². The molecule has 2 fully saturated rings. The average Bonchev–Trinajstić information content (AvgIpc) is 2.80. The summed E-state index contributed by atoms with van der Waals surface area (Å²) in [6, 6.07) is 0.868. The zero-order chi connectivity index (χ0) is 20.9. The van der Waals surface area contributed by atoms with E-state index >= 15 is 0 Å². The quantitative estimate of drug-likeness (QED) is 0.564. The standard InChI is InChI=1S/C19H22ClF4NO3/c1-18(2,3)28-17(26)25-11-4-5-12(25)9-13(8-11)27-15-7-10(19(22,23)24)6-14(20)16(15)21/h6-7,11-13H,4-5,8-9H2,1-3H3/t11-,12?,13?/m1/s1. The molecule has 9 heteroatoms. The van der Waals surface area contributed by atoms with E-state index in [0.717, 1.165) is 12.8 Å². The van der Waals surface area contributed by atoms with Crippen LogP contribution in [0.4, 0.5) is 22.4 Å². The summed E-state index contributed by atoms with van der Waals surface area (Å²) in [7, 11) is 0. The van der Waals surface area contributed by atoms with Crippen LogP contribution in [0.25, 0.3) is 0 Å². The lowest BCUT2D eigenvalue weighted by Crippen LogP contribution is -2.50. The van der Waals surface area contributed by atoms with Gasteiger partial charge in [-0.2, -0.15) is 13.2 Å². The Balaban J connectivity index is 1.74. The molecule has 1 aromatic carbocycles. The van der Waals surface area contributed by atoms with Gasteiger partial charge in [-0.05, 0) is 45.7 Å². The number of halogens is 5. The summed E-state index contributed by atoms with van der Waals surface area (Å²) in [6.07, 6.45) is -3.30. The van der Waals surface area contributed by atoms with Gasteiger partial charge in [0.2, 0.25) is 0 Å². The van der Waals surface area contributed by atoms with Gasteiger partial charge in [-0.25, -0.2) is 9.18 Å². The minimum Gasteiger partial charge on any atom is -0.487 e. The smallest absolute Gasteiger partial charge is 0.416 e. The topological polar surface area (TPSA) is 38.8 Å². The molecular formula is C19H22ClF4NO3. The lowest BCUT2D eigenvalue weighted by Gasteiger charge is -2.39. The van der Waals surface area contributed by atoms with Crippen LogP contribution in [0.5, 0.6) is 5.75 Å². The number of fused-ring (bicyclic) bond motifs is 2. The number of amides is 1. The molecule has 0 N–H and O–H groups in total. The summed E-state index contributed by atoms with van der Waals surface area (Å²) in [5.74, 6) is -1.54. The summed E-state index contributed by atoms with van der Waals surface area (Å²) in [5.41, 5.74) is -1.69. The first-order chi connectivity index (χ1) is 12.8. The molecule has 1 aromatic rings. The Hall–Kier alpha value is -1.70. The van der Waals surface area contributed by atoms with Crippen molar-refractivity contribution >= 4 is 17.7 Å². The van der Waals surface area contributed by atoms with Gasteiger partial charge in [-0.1, -0.05) is 11.6 Å². The number of benzene rings is 1. The predicted molar refractivity (Wildman–Crippen MR) is 94.9 cm³/mol. The molecule has 2 heterocycles. The first-order valence-corrected chi connectivity index (χ1v) is 9.47. The molecule has 28 heavy (non-hydrogen) atoms. The number of carbonyl (C=O) groups excluding carboxylic acids is 1. The molecule has 0 aliphatic carbocycles. The van der Waals surface area contributed by atoms with E-state index in [9.17, 15) is 22.4 Å². The minimum absolute atomic E-state index is 0.150. The van der Waals surface area contributed by atoms with Gasteiger partial charge >= 0.3 is 12.3 Å². The zero-order valence-electron chi connectivity index (χ0n) is 15.8. The largest absolute Gasteiger partial charge is 0.487 e. The molecule has 156 valence electrons. The molecule has 1 amide bonds. The molecule has 3 atom stereocenters. The second kappa shape index (κ2) is 7.28. The van der Waals surface area contributed by atoms with Crippen molar-refractivity contribution in [1.82, 2.24) is 4.90 Å². The van der Waals surface area contributed by atoms with Crippen LogP contribution in [-0.4, -0.2) is 34.8 Å². The van der Waals surface area contributed by atoms with Crippen molar-refractivity contribution in [3.63, 3.8) is 0 Å². The number of alkyl halides is 3. The maximum absolute atomic E-state index is 14.2. The molecule has 3 rings (SSSR count). The maximum atomic E-state index is 14.2. The minimum atomic E-state index is -4.66. The van der Waals surface area contributed by atoms with Crippen molar-refractivity contribution in [1.29, 1.82) is 0 Å². The first kappa shape index (κ1) is 21.0. The van der Waals surface area contributed by atoms with E-state index in [2.05, 4.69) is 0 Å². The third-order valence-corrected chi connectivity index (χ3v) is 5.18. The van der Waals surface area contributed by atoms with Crippen LogP contribution in [0.3, 0.4) is 0 Å². The van der Waals surface area contributed by atoms with Crippen LogP contribution in [0.2, 0.25) is 5.02 Å². The van der Waals surface area contributed by atoms with Gasteiger partial charge in [0.15, 0.2) is 11.6 Å². The van der Waals surface area contributed by atoms with E-state index in [1.807, 2.05) is 0 Å². The molecule has 2 bridgehead atoms. The molecule has 0 radical (unpaired) electrons. The number of nitrogens with zero attached hydrogens (tertiary/aromatic N) is 1. The van der Waals surface area contributed by atoms with Crippen LogP contribution in [0.1, 0.15) is 52.0 Å². The molecule has 0 saturated carbocycles. The summed E-state index contributed by atoms with van der Waals surface area (Å²) in [6.45, 7) is 5.34. The average molecular weight is 424 g/mol. The SMILES string of the molecule is CC(C)(C)OC(=O)N1C2CC[C@@H]1CC(Oc1cc(C(F)(F)F)cc(Cl)c1F)C2. The first-order valence-electron chi connectivity index (χ1n) is 9.09. The summed E-state index contributed by atoms with van der Waals surface area (Å²) in [5, 5.41) is -0.640. The van der Waals surface area contributed by atoms with Crippen LogP contribution in [-0.2, 0) is 10.9 Å². The Morgan fingerprint density at radius 3 is 2.21 bits per heavy atom. The van der Waals surface area contributed by atoms with E-state index in [0.29, 0.717) is 25.0 Å². The Morgan fingerprint density at radius 2 is 1.71 bits per heavy atom.